The SMILES string of the molecule is COc1cc(N(C)CCN(C)C)c(N)cc1Nc1cc(-c2cn(C)c3ccccc23)ccn1. The first kappa shape index (κ1) is 22.5. The van der Waals surface area contributed by atoms with E-state index in [4.69, 9.17) is 10.5 Å². The molecule has 3 N–H and O–H groups in total. The smallest absolute Gasteiger partial charge is 0.144 e. The lowest BCUT2D eigenvalue weighted by Crippen LogP contribution is -2.29. The Morgan fingerprint density at radius 1 is 1.06 bits per heavy atom. The molecule has 4 aromatic rings. The Bertz CT molecular complexity index is 1260. The Kier molecular flexibility index (Phi) is 6.42. The average Bonchev–Trinajstić information content (AvgIpc) is 3.14. The number of nitrogens with two attached hydrogens (primary N) is 1. The summed E-state index contributed by atoms with van der Waals surface area (Å²) in [7, 11) is 9.89. The lowest BCUT2D eigenvalue weighted by molar-refractivity contribution is 0.413. The third kappa shape index (κ3) is 4.73. The predicted molar refractivity (Wildman–Crippen MR) is 139 cm³/mol. The quantitative estimate of drug-likeness (QED) is 0.388. The van der Waals surface area contributed by atoms with E-state index in [0.717, 1.165) is 35.8 Å². The molecule has 0 amide bonds. The highest BCUT2D eigenvalue weighted by Gasteiger charge is 2.14. The zero-order valence-electron chi connectivity index (χ0n) is 20.0. The molecule has 0 aliphatic rings. The van der Waals surface area contributed by atoms with E-state index >= 15 is 0 Å². The van der Waals surface area contributed by atoms with Crippen molar-refractivity contribution in [3.05, 3.63) is 60.9 Å². The number of pyridine rings is 1. The number of rotatable bonds is 8. The van der Waals surface area contributed by atoms with Crippen LogP contribution in [0.4, 0.5) is 22.9 Å². The first-order valence-electron chi connectivity index (χ1n) is 11.0. The summed E-state index contributed by atoms with van der Waals surface area (Å²) in [5.74, 6) is 1.44. The predicted octanol–water partition coefficient (Wildman–Crippen LogP) is 4.57. The van der Waals surface area contributed by atoms with E-state index in [0.29, 0.717) is 11.4 Å². The molecular formula is C26H32N6O. The van der Waals surface area contributed by atoms with Gasteiger partial charge in [0.25, 0.3) is 0 Å². The van der Waals surface area contributed by atoms with Crippen LogP contribution in [0.5, 0.6) is 5.75 Å². The van der Waals surface area contributed by atoms with Crippen molar-refractivity contribution in [1.82, 2.24) is 14.5 Å². The van der Waals surface area contributed by atoms with Crippen LogP contribution in [0.3, 0.4) is 0 Å². The van der Waals surface area contributed by atoms with Crippen LogP contribution in [0.1, 0.15) is 0 Å². The number of nitrogen functional groups attached to an aromatic ring is 1. The molecule has 0 unspecified atom stereocenters. The highest BCUT2D eigenvalue weighted by molar-refractivity contribution is 5.96. The molecule has 2 aromatic carbocycles. The Hall–Kier alpha value is -3.71. The van der Waals surface area contributed by atoms with Gasteiger partial charge in [-0.1, -0.05) is 18.2 Å². The van der Waals surface area contributed by atoms with E-state index in [1.165, 1.54) is 16.5 Å². The molecular weight excluding hydrogens is 412 g/mol. The van der Waals surface area contributed by atoms with E-state index in [2.05, 4.69) is 82.3 Å². The summed E-state index contributed by atoms with van der Waals surface area (Å²) in [4.78, 5) is 8.82. The normalized spacial score (nSPS) is 11.2. The van der Waals surface area contributed by atoms with Crippen LogP contribution in [0, 0.1) is 0 Å². The van der Waals surface area contributed by atoms with Gasteiger partial charge in [-0.2, -0.15) is 0 Å². The van der Waals surface area contributed by atoms with Crippen LogP contribution in [0.25, 0.3) is 22.0 Å². The van der Waals surface area contributed by atoms with Gasteiger partial charge in [0.05, 0.1) is 24.2 Å². The molecule has 0 aliphatic carbocycles. The standard InChI is InChI=1S/C26H32N6O/c1-30(2)12-13-31(3)24-16-25(33-5)22(15-21(24)27)29-26-14-18(10-11-28-26)20-17-32(4)23-9-7-6-8-19(20)23/h6-11,14-17H,12-13,27H2,1-5H3,(H,28,29). The summed E-state index contributed by atoms with van der Waals surface area (Å²) >= 11 is 0. The van der Waals surface area contributed by atoms with Crippen LogP contribution >= 0.6 is 0 Å². The Morgan fingerprint density at radius 2 is 1.85 bits per heavy atom. The number of hydrogen-bond donors (Lipinski definition) is 2. The van der Waals surface area contributed by atoms with Gasteiger partial charge in [-0.25, -0.2) is 4.98 Å². The van der Waals surface area contributed by atoms with Gasteiger partial charge in [0.15, 0.2) is 0 Å². The minimum absolute atomic E-state index is 0.685. The number of likely N-dealkylation sites (N-methyl/N-ethyl adjacent to an activating group) is 2. The summed E-state index contributed by atoms with van der Waals surface area (Å²) in [5, 5.41) is 4.61. The zero-order valence-corrected chi connectivity index (χ0v) is 20.0. The lowest BCUT2D eigenvalue weighted by Gasteiger charge is -2.24. The number of aromatic nitrogens is 2. The molecule has 0 aliphatic heterocycles. The third-order valence-corrected chi connectivity index (χ3v) is 5.87. The van der Waals surface area contributed by atoms with E-state index in [1.807, 2.05) is 31.4 Å². The van der Waals surface area contributed by atoms with Gasteiger partial charge in [0.1, 0.15) is 11.6 Å². The van der Waals surface area contributed by atoms with Crippen LogP contribution in [0.2, 0.25) is 0 Å². The van der Waals surface area contributed by atoms with Gasteiger partial charge in [-0.05, 0) is 43.9 Å². The summed E-state index contributed by atoms with van der Waals surface area (Å²) < 4.78 is 7.82. The summed E-state index contributed by atoms with van der Waals surface area (Å²) in [5.41, 5.74) is 12.3. The minimum Gasteiger partial charge on any atom is -0.494 e. The summed E-state index contributed by atoms with van der Waals surface area (Å²) in [6.07, 6.45) is 3.97. The van der Waals surface area contributed by atoms with Gasteiger partial charge < -0.3 is 30.2 Å². The second-order valence-electron chi connectivity index (χ2n) is 8.56. The highest BCUT2D eigenvalue weighted by atomic mass is 16.5. The second-order valence-corrected chi connectivity index (χ2v) is 8.56. The van der Waals surface area contributed by atoms with Crippen molar-refractivity contribution < 1.29 is 4.74 Å². The maximum atomic E-state index is 6.42. The van der Waals surface area contributed by atoms with E-state index in [-0.39, 0.29) is 0 Å². The molecule has 4 rings (SSSR count). The van der Waals surface area contributed by atoms with Crippen molar-refractivity contribution in [2.75, 3.05) is 57.3 Å². The van der Waals surface area contributed by atoms with Crippen molar-refractivity contribution in [1.29, 1.82) is 0 Å². The molecule has 2 heterocycles. The number of benzene rings is 2. The van der Waals surface area contributed by atoms with Crippen LogP contribution < -0.4 is 20.7 Å². The maximum Gasteiger partial charge on any atom is 0.144 e. The number of fused-ring (bicyclic) bond motifs is 1. The summed E-state index contributed by atoms with van der Waals surface area (Å²) in [6.45, 7) is 1.80. The number of nitrogens with zero attached hydrogens (tertiary/aromatic N) is 4. The van der Waals surface area contributed by atoms with Crippen molar-refractivity contribution in [2.45, 2.75) is 0 Å². The fraction of sp³-hybridized carbons (Fsp3) is 0.269. The Labute approximate surface area is 195 Å². The molecule has 0 spiro atoms. The largest absolute Gasteiger partial charge is 0.494 e. The molecule has 7 heteroatoms. The monoisotopic (exact) mass is 444 g/mol. The van der Waals surface area contributed by atoms with Gasteiger partial charge in [-0.15, -0.1) is 0 Å². The zero-order chi connectivity index (χ0) is 23.5. The fourth-order valence-electron chi connectivity index (χ4n) is 4.03. The fourth-order valence-corrected chi connectivity index (χ4v) is 4.03. The third-order valence-electron chi connectivity index (χ3n) is 5.87. The van der Waals surface area contributed by atoms with E-state index in [9.17, 15) is 0 Å². The molecule has 0 fully saturated rings. The number of ether oxygens (including phenoxy) is 1. The first-order valence-corrected chi connectivity index (χ1v) is 11.0. The van der Waals surface area contributed by atoms with Gasteiger partial charge >= 0.3 is 0 Å². The average molecular weight is 445 g/mol. The molecule has 0 atom stereocenters. The topological polar surface area (TPSA) is 71.6 Å². The lowest BCUT2D eigenvalue weighted by atomic mass is 10.1. The van der Waals surface area contributed by atoms with Crippen LogP contribution in [-0.4, -0.2) is 55.8 Å². The number of anilines is 4. The van der Waals surface area contributed by atoms with E-state index < -0.39 is 0 Å². The van der Waals surface area contributed by atoms with Gasteiger partial charge in [0, 0.05) is 62.1 Å². The molecule has 0 saturated heterocycles. The molecule has 33 heavy (non-hydrogen) atoms. The molecule has 0 bridgehead atoms. The maximum absolute atomic E-state index is 6.42. The molecule has 7 nitrogen and oxygen atoms in total. The Balaban J connectivity index is 1.63. The van der Waals surface area contributed by atoms with E-state index in [1.54, 1.807) is 7.11 Å². The van der Waals surface area contributed by atoms with Crippen LogP contribution in [-0.2, 0) is 7.05 Å². The second kappa shape index (κ2) is 9.42. The molecule has 172 valence electrons. The first-order chi connectivity index (χ1) is 15.9. The van der Waals surface area contributed by atoms with Crippen LogP contribution in [0.15, 0.2) is 60.9 Å². The highest BCUT2D eigenvalue weighted by Crippen LogP contribution is 2.37. The number of para-hydroxylation sites is 1. The number of hydrogen-bond acceptors (Lipinski definition) is 6. The molecule has 0 radical (unpaired) electrons. The van der Waals surface area contributed by atoms with Crippen molar-refractivity contribution in [3.8, 4) is 16.9 Å². The number of aryl methyl sites for hydroxylation is 1. The molecule has 2 aromatic heterocycles. The number of methoxy groups -OCH3 is 1. The van der Waals surface area contributed by atoms with Crippen molar-refractivity contribution in [2.24, 2.45) is 7.05 Å². The van der Waals surface area contributed by atoms with Crippen molar-refractivity contribution in [3.63, 3.8) is 0 Å². The molecule has 0 saturated carbocycles. The summed E-state index contributed by atoms with van der Waals surface area (Å²) in [6, 6.07) is 16.4. The number of nitrogens with one attached hydrogen (secondary N) is 1. The Morgan fingerprint density at radius 3 is 2.61 bits per heavy atom. The van der Waals surface area contributed by atoms with Crippen molar-refractivity contribution >= 4 is 33.8 Å². The van der Waals surface area contributed by atoms with Gasteiger partial charge in [-0.3, -0.25) is 0 Å². The minimum atomic E-state index is 0.685. The van der Waals surface area contributed by atoms with Gasteiger partial charge in [0.2, 0.25) is 0 Å².